The topological polar surface area (TPSA) is 85.7 Å². The highest BCUT2D eigenvalue weighted by Crippen LogP contribution is 2.30. The molecule has 0 aliphatic carbocycles. The molecule has 0 radical (unpaired) electrons. The van der Waals surface area contributed by atoms with Crippen LogP contribution in [0.15, 0.2) is 12.1 Å². The van der Waals surface area contributed by atoms with Crippen LogP contribution in [0.25, 0.3) is 0 Å². The predicted molar refractivity (Wildman–Crippen MR) is 106 cm³/mol. The van der Waals surface area contributed by atoms with Gasteiger partial charge in [0.2, 0.25) is 0 Å². The average molecular weight is 376 g/mol. The Kier molecular flexibility index (Phi) is 6.71. The Morgan fingerprint density at radius 1 is 1.30 bits per heavy atom. The van der Waals surface area contributed by atoms with Crippen LogP contribution in [0.1, 0.15) is 56.7 Å². The molecule has 150 valence electrons. The molecule has 0 saturated carbocycles. The smallest absolute Gasteiger partial charge is 0.309 e. The van der Waals surface area contributed by atoms with E-state index in [1.807, 2.05) is 0 Å². The van der Waals surface area contributed by atoms with Crippen LogP contribution >= 0.6 is 0 Å². The van der Waals surface area contributed by atoms with Gasteiger partial charge in [0.1, 0.15) is 5.82 Å². The number of nitrogens with zero attached hydrogens (tertiary/aromatic N) is 2. The minimum absolute atomic E-state index is 0.548. The molecule has 0 aromatic carbocycles. The highest BCUT2D eigenvalue weighted by atomic mass is 16.4. The van der Waals surface area contributed by atoms with E-state index >= 15 is 0 Å². The number of aliphatic carboxylic acids is 1. The van der Waals surface area contributed by atoms with Gasteiger partial charge in [-0.25, -0.2) is 4.98 Å². The van der Waals surface area contributed by atoms with Gasteiger partial charge in [-0.1, -0.05) is 12.5 Å². The van der Waals surface area contributed by atoms with Crippen molar-refractivity contribution in [3.63, 3.8) is 0 Å². The van der Waals surface area contributed by atoms with Gasteiger partial charge in [0, 0.05) is 25.3 Å². The van der Waals surface area contributed by atoms with Crippen LogP contribution in [0.2, 0.25) is 0 Å². The fraction of sp³-hybridized carbons (Fsp3) is 0.714. The Labute approximate surface area is 162 Å². The van der Waals surface area contributed by atoms with Crippen LogP contribution in [0.5, 0.6) is 0 Å². The molecule has 6 nitrogen and oxygen atoms in total. The Balaban J connectivity index is 1.33. The maximum absolute atomic E-state index is 11.1. The van der Waals surface area contributed by atoms with Gasteiger partial charge in [-0.3, -0.25) is 4.79 Å². The zero-order chi connectivity index (χ0) is 19.3. The van der Waals surface area contributed by atoms with Crippen LogP contribution < -0.4 is 5.32 Å². The van der Waals surface area contributed by atoms with E-state index < -0.39 is 17.5 Å². The van der Waals surface area contributed by atoms with Gasteiger partial charge in [-0.05, 0) is 70.0 Å². The Morgan fingerprint density at radius 3 is 2.81 bits per heavy atom. The summed E-state index contributed by atoms with van der Waals surface area (Å²) in [6.45, 7) is 5.23. The number of aryl methyl sites for hydroxylation is 2. The lowest BCUT2D eigenvalue weighted by molar-refractivity contribution is -0.154. The zero-order valence-electron chi connectivity index (χ0n) is 16.4. The number of anilines is 1. The monoisotopic (exact) mass is 375 g/mol. The van der Waals surface area contributed by atoms with Crippen molar-refractivity contribution < 1.29 is 15.0 Å². The molecule has 1 atom stereocenters. The van der Waals surface area contributed by atoms with E-state index in [1.165, 1.54) is 24.1 Å². The first-order chi connectivity index (χ1) is 13.0. The summed E-state index contributed by atoms with van der Waals surface area (Å²) in [6, 6.07) is 4.39. The molecule has 1 unspecified atom stereocenters. The number of carboxylic acids is 1. The maximum atomic E-state index is 11.1. The number of aliphatic hydroxyl groups is 1. The third-order valence-corrected chi connectivity index (χ3v) is 6.26. The highest BCUT2D eigenvalue weighted by Gasteiger charge is 2.40. The molecule has 0 amide bonds. The molecule has 0 spiro atoms. The quantitative estimate of drug-likeness (QED) is 0.606. The second-order valence-electron chi connectivity index (χ2n) is 8.16. The fourth-order valence-corrected chi connectivity index (χ4v) is 4.15. The molecular weight excluding hydrogens is 342 g/mol. The van der Waals surface area contributed by atoms with Gasteiger partial charge in [0.15, 0.2) is 0 Å². The number of nitrogens with one attached hydrogen (secondary N) is 1. The molecule has 3 heterocycles. The molecule has 1 aromatic heterocycles. The summed E-state index contributed by atoms with van der Waals surface area (Å²) in [5.74, 6) is -0.523. The van der Waals surface area contributed by atoms with Crippen molar-refractivity contribution >= 4 is 11.8 Å². The first-order valence-corrected chi connectivity index (χ1v) is 10.4. The molecule has 2 aliphatic heterocycles. The number of likely N-dealkylation sites (tertiary alicyclic amines) is 1. The van der Waals surface area contributed by atoms with E-state index in [0.717, 1.165) is 57.7 Å². The van der Waals surface area contributed by atoms with Crippen molar-refractivity contribution in [2.24, 2.45) is 5.92 Å². The molecular formula is C21H33N3O3. The molecule has 2 aliphatic rings. The van der Waals surface area contributed by atoms with Gasteiger partial charge in [-0.15, -0.1) is 0 Å². The van der Waals surface area contributed by atoms with Gasteiger partial charge in [0.25, 0.3) is 0 Å². The largest absolute Gasteiger partial charge is 0.481 e. The molecule has 1 fully saturated rings. The summed E-state index contributed by atoms with van der Waals surface area (Å²) in [5.41, 5.74) is 1.47. The number of aromatic nitrogens is 1. The summed E-state index contributed by atoms with van der Waals surface area (Å²) in [5, 5.41) is 23.1. The molecule has 6 heteroatoms. The molecule has 3 N–H and O–H groups in total. The maximum Gasteiger partial charge on any atom is 0.309 e. The second-order valence-corrected chi connectivity index (χ2v) is 8.16. The van der Waals surface area contributed by atoms with E-state index in [9.17, 15) is 9.90 Å². The minimum atomic E-state index is -1.05. The standard InChI is InChI=1S/C21H33N3O3/c1-16(20(25)26)21(27)10-14-24(15-11-21)13-4-2-3-7-18-9-8-17-6-5-12-22-19(17)23-18/h8-9,16,27H,2-7,10-15H2,1H3,(H,22,23)(H,25,26). The minimum Gasteiger partial charge on any atom is -0.481 e. The molecule has 1 aromatic rings. The molecule has 27 heavy (non-hydrogen) atoms. The lowest BCUT2D eigenvalue weighted by atomic mass is 9.80. The first-order valence-electron chi connectivity index (χ1n) is 10.4. The van der Waals surface area contributed by atoms with Crippen molar-refractivity contribution in [1.82, 2.24) is 9.88 Å². The number of piperidine rings is 1. The number of rotatable bonds is 8. The third-order valence-electron chi connectivity index (χ3n) is 6.26. The molecule has 3 rings (SSSR count). The summed E-state index contributed by atoms with van der Waals surface area (Å²) in [4.78, 5) is 18.2. The normalized spacial score (nSPS) is 20.5. The number of unbranched alkanes of at least 4 members (excludes halogenated alkanes) is 2. The van der Waals surface area contributed by atoms with Crippen LogP contribution in [0.4, 0.5) is 5.82 Å². The number of carbonyl (C=O) groups is 1. The van der Waals surface area contributed by atoms with E-state index in [-0.39, 0.29) is 0 Å². The predicted octanol–water partition coefficient (Wildman–Crippen LogP) is 2.70. The SMILES string of the molecule is CC(C(=O)O)C1(O)CCN(CCCCCc2ccc3c(n2)NCCC3)CC1. The van der Waals surface area contributed by atoms with Crippen molar-refractivity contribution in [2.75, 3.05) is 31.5 Å². The van der Waals surface area contributed by atoms with Crippen LogP contribution in [-0.4, -0.2) is 57.8 Å². The van der Waals surface area contributed by atoms with Crippen LogP contribution in [0.3, 0.4) is 0 Å². The lowest BCUT2D eigenvalue weighted by Crippen LogP contribution is -2.50. The van der Waals surface area contributed by atoms with E-state index in [0.29, 0.717) is 12.8 Å². The van der Waals surface area contributed by atoms with Crippen molar-refractivity contribution in [3.8, 4) is 0 Å². The summed E-state index contributed by atoms with van der Waals surface area (Å²) in [7, 11) is 0. The average Bonchev–Trinajstić information content (AvgIpc) is 2.68. The summed E-state index contributed by atoms with van der Waals surface area (Å²) in [6.07, 6.45) is 7.88. The van der Waals surface area contributed by atoms with Gasteiger partial charge < -0.3 is 20.4 Å². The molecule has 0 bridgehead atoms. The Bertz CT molecular complexity index is 642. The van der Waals surface area contributed by atoms with E-state index in [1.54, 1.807) is 6.92 Å². The Morgan fingerprint density at radius 2 is 2.07 bits per heavy atom. The third kappa shape index (κ3) is 5.20. The van der Waals surface area contributed by atoms with Crippen LogP contribution in [0, 0.1) is 5.92 Å². The van der Waals surface area contributed by atoms with Crippen molar-refractivity contribution in [2.45, 2.75) is 63.9 Å². The highest BCUT2D eigenvalue weighted by molar-refractivity contribution is 5.71. The van der Waals surface area contributed by atoms with Crippen molar-refractivity contribution in [1.29, 1.82) is 0 Å². The number of hydrogen-bond acceptors (Lipinski definition) is 5. The van der Waals surface area contributed by atoms with E-state index in [2.05, 4.69) is 22.3 Å². The van der Waals surface area contributed by atoms with Gasteiger partial charge in [0.05, 0.1) is 11.5 Å². The lowest BCUT2D eigenvalue weighted by Gasteiger charge is -2.40. The Hall–Kier alpha value is -1.66. The van der Waals surface area contributed by atoms with Crippen molar-refractivity contribution in [3.05, 3.63) is 23.4 Å². The fourth-order valence-electron chi connectivity index (χ4n) is 4.15. The number of pyridine rings is 1. The van der Waals surface area contributed by atoms with Crippen LogP contribution in [-0.2, 0) is 17.6 Å². The van der Waals surface area contributed by atoms with Gasteiger partial charge >= 0.3 is 5.97 Å². The zero-order valence-corrected chi connectivity index (χ0v) is 16.4. The summed E-state index contributed by atoms with van der Waals surface area (Å²) < 4.78 is 0. The number of fused-ring (bicyclic) bond motifs is 1. The van der Waals surface area contributed by atoms with Gasteiger partial charge in [-0.2, -0.15) is 0 Å². The van der Waals surface area contributed by atoms with E-state index in [4.69, 9.17) is 10.1 Å². The summed E-state index contributed by atoms with van der Waals surface area (Å²) >= 11 is 0. The molecule has 1 saturated heterocycles. The number of hydrogen-bond donors (Lipinski definition) is 3. The number of carboxylic acid groups (broad SMARTS) is 1. The second kappa shape index (κ2) is 9.02. The first kappa shape index (κ1) is 20.1.